The second-order valence-electron chi connectivity index (χ2n) is 4.09. The van der Waals surface area contributed by atoms with Gasteiger partial charge in [-0.1, -0.05) is 13.8 Å². The number of ether oxygens (including phenoxy) is 1. The fraction of sp³-hybridized carbons (Fsp3) is 0.417. The molecule has 1 atom stereocenters. The third-order valence-corrected chi connectivity index (χ3v) is 2.40. The summed E-state index contributed by atoms with van der Waals surface area (Å²) in [5.74, 6) is -1.80. The molecule has 1 heterocycles. The van der Waals surface area contributed by atoms with Crippen LogP contribution in [0, 0.1) is 11.9 Å². The second-order valence-corrected chi connectivity index (χ2v) is 4.09. The summed E-state index contributed by atoms with van der Waals surface area (Å²) in [5, 5.41) is 2.53. The van der Waals surface area contributed by atoms with Crippen molar-refractivity contribution in [2.75, 3.05) is 7.11 Å². The molecule has 1 N–H and O–H groups in total. The molecule has 0 saturated heterocycles. The summed E-state index contributed by atoms with van der Waals surface area (Å²) >= 11 is 0. The zero-order valence-electron chi connectivity index (χ0n) is 10.4. The van der Waals surface area contributed by atoms with Crippen LogP contribution in [0.4, 0.5) is 4.39 Å². The predicted octanol–water partition coefficient (Wildman–Crippen LogP) is 1.15. The Hall–Kier alpha value is -1.98. The van der Waals surface area contributed by atoms with Crippen LogP contribution in [0.25, 0.3) is 0 Å². The Bertz CT molecular complexity index is 431. The van der Waals surface area contributed by atoms with Crippen LogP contribution >= 0.6 is 0 Å². The number of nitrogens with one attached hydrogen (secondary N) is 1. The van der Waals surface area contributed by atoms with Gasteiger partial charge in [-0.25, -0.2) is 9.78 Å². The highest BCUT2D eigenvalue weighted by molar-refractivity contribution is 5.96. The minimum absolute atomic E-state index is 0.116. The second kappa shape index (κ2) is 6.09. The number of nitrogens with zero attached hydrogens (tertiary/aromatic N) is 1. The first-order chi connectivity index (χ1) is 8.45. The van der Waals surface area contributed by atoms with Gasteiger partial charge in [0.25, 0.3) is 5.91 Å². The largest absolute Gasteiger partial charge is 0.467 e. The van der Waals surface area contributed by atoms with Crippen molar-refractivity contribution in [3.05, 3.63) is 29.8 Å². The van der Waals surface area contributed by atoms with Crippen LogP contribution < -0.4 is 5.32 Å². The number of amides is 1. The number of aromatic nitrogens is 1. The molecule has 0 saturated carbocycles. The van der Waals surface area contributed by atoms with E-state index in [-0.39, 0.29) is 11.5 Å². The minimum atomic E-state index is -0.743. The molecule has 5 nitrogen and oxygen atoms in total. The topological polar surface area (TPSA) is 68.3 Å². The van der Waals surface area contributed by atoms with Gasteiger partial charge in [-0.15, -0.1) is 0 Å². The normalized spacial score (nSPS) is 12.1. The molecule has 1 aromatic rings. The van der Waals surface area contributed by atoms with Crippen LogP contribution in [-0.2, 0) is 9.53 Å². The molecule has 0 spiro atoms. The third kappa shape index (κ3) is 3.51. The molecular weight excluding hydrogens is 239 g/mol. The molecule has 0 aliphatic carbocycles. The number of pyridine rings is 1. The summed E-state index contributed by atoms with van der Waals surface area (Å²) in [6.07, 6.45) is 1.11. The van der Waals surface area contributed by atoms with Gasteiger partial charge in [-0.05, 0) is 18.1 Å². The quantitative estimate of drug-likeness (QED) is 0.646. The molecule has 1 amide bonds. The van der Waals surface area contributed by atoms with Crippen LogP contribution in [0.2, 0.25) is 0 Å². The lowest BCUT2D eigenvalue weighted by molar-refractivity contribution is -0.144. The summed E-state index contributed by atoms with van der Waals surface area (Å²) in [6.45, 7) is 3.57. The average Bonchev–Trinajstić information content (AvgIpc) is 2.35. The van der Waals surface area contributed by atoms with Crippen molar-refractivity contribution in [1.29, 1.82) is 0 Å². The van der Waals surface area contributed by atoms with E-state index >= 15 is 0 Å². The molecule has 0 bridgehead atoms. The minimum Gasteiger partial charge on any atom is -0.467 e. The van der Waals surface area contributed by atoms with Crippen molar-refractivity contribution >= 4 is 11.9 Å². The van der Waals surface area contributed by atoms with Gasteiger partial charge in [-0.3, -0.25) is 4.79 Å². The van der Waals surface area contributed by atoms with E-state index in [4.69, 9.17) is 0 Å². The Kier molecular flexibility index (Phi) is 4.76. The third-order valence-electron chi connectivity index (χ3n) is 2.40. The fourth-order valence-electron chi connectivity index (χ4n) is 1.36. The van der Waals surface area contributed by atoms with Crippen LogP contribution in [0.15, 0.2) is 18.3 Å². The maximum absolute atomic E-state index is 12.6. The van der Waals surface area contributed by atoms with E-state index in [1.807, 2.05) is 0 Å². The van der Waals surface area contributed by atoms with Crippen molar-refractivity contribution in [1.82, 2.24) is 10.3 Å². The number of carbonyl (C=O) groups excluding carboxylic acids is 2. The van der Waals surface area contributed by atoms with Crippen molar-refractivity contribution in [2.24, 2.45) is 5.92 Å². The van der Waals surface area contributed by atoms with E-state index in [1.54, 1.807) is 13.8 Å². The molecular formula is C12H15FN2O3. The summed E-state index contributed by atoms with van der Waals surface area (Å²) < 4.78 is 17.2. The first-order valence-corrected chi connectivity index (χ1v) is 5.46. The van der Waals surface area contributed by atoms with Gasteiger partial charge in [0.2, 0.25) is 5.95 Å². The molecule has 0 radical (unpaired) electrons. The van der Waals surface area contributed by atoms with E-state index in [0.717, 1.165) is 12.3 Å². The first kappa shape index (κ1) is 14.1. The highest BCUT2D eigenvalue weighted by atomic mass is 19.1. The summed E-state index contributed by atoms with van der Waals surface area (Å²) in [6, 6.07) is 1.64. The molecule has 6 heteroatoms. The molecule has 98 valence electrons. The van der Waals surface area contributed by atoms with Crippen LogP contribution in [0.1, 0.15) is 24.2 Å². The molecule has 1 aromatic heterocycles. The van der Waals surface area contributed by atoms with Crippen LogP contribution in [-0.4, -0.2) is 30.0 Å². The number of carbonyl (C=O) groups is 2. The van der Waals surface area contributed by atoms with Crippen LogP contribution in [0.5, 0.6) is 0 Å². The van der Waals surface area contributed by atoms with Crippen molar-refractivity contribution < 1.29 is 18.7 Å². The van der Waals surface area contributed by atoms with Crippen LogP contribution in [0.3, 0.4) is 0 Å². The lowest BCUT2D eigenvalue weighted by Gasteiger charge is -2.19. The highest BCUT2D eigenvalue weighted by Gasteiger charge is 2.25. The maximum atomic E-state index is 12.6. The summed E-state index contributed by atoms with van der Waals surface area (Å²) in [7, 11) is 1.25. The highest BCUT2D eigenvalue weighted by Crippen LogP contribution is 2.06. The Morgan fingerprint density at radius 3 is 2.50 bits per heavy atom. The zero-order chi connectivity index (χ0) is 13.7. The van der Waals surface area contributed by atoms with Gasteiger partial charge >= 0.3 is 5.97 Å². The van der Waals surface area contributed by atoms with Crippen molar-refractivity contribution in [2.45, 2.75) is 19.9 Å². The first-order valence-electron chi connectivity index (χ1n) is 5.46. The fourth-order valence-corrected chi connectivity index (χ4v) is 1.36. The van der Waals surface area contributed by atoms with Gasteiger partial charge in [0, 0.05) is 6.20 Å². The van der Waals surface area contributed by atoms with Gasteiger partial charge in [-0.2, -0.15) is 4.39 Å². The molecule has 0 aliphatic heterocycles. The van der Waals surface area contributed by atoms with Gasteiger partial charge in [0.05, 0.1) is 12.7 Å². The van der Waals surface area contributed by atoms with E-state index in [0.29, 0.717) is 0 Å². The number of halogens is 1. The van der Waals surface area contributed by atoms with E-state index in [2.05, 4.69) is 15.0 Å². The molecule has 0 fully saturated rings. The molecule has 0 unspecified atom stereocenters. The standard InChI is InChI=1S/C12H15FN2O3/c1-7(2)10(12(17)18-3)15-11(16)8-4-5-9(13)14-6-8/h4-7,10H,1-3H3,(H,15,16)/t10-/m0/s1. The maximum Gasteiger partial charge on any atom is 0.328 e. The molecule has 0 aliphatic rings. The van der Waals surface area contributed by atoms with Gasteiger partial charge in [0.1, 0.15) is 6.04 Å². The monoisotopic (exact) mass is 254 g/mol. The Morgan fingerprint density at radius 2 is 2.06 bits per heavy atom. The molecule has 1 rings (SSSR count). The predicted molar refractivity (Wildman–Crippen MR) is 62.3 cm³/mol. The van der Waals surface area contributed by atoms with Crippen molar-refractivity contribution in [3.63, 3.8) is 0 Å². The Balaban J connectivity index is 2.78. The lowest BCUT2D eigenvalue weighted by atomic mass is 10.0. The number of hydrogen-bond donors (Lipinski definition) is 1. The smallest absolute Gasteiger partial charge is 0.328 e. The van der Waals surface area contributed by atoms with E-state index in [9.17, 15) is 14.0 Å². The Labute approximate surface area is 104 Å². The summed E-state index contributed by atoms with van der Waals surface area (Å²) in [4.78, 5) is 26.6. The average molecular weight is 254 g/mol. The van der Waals surface area contributed by atoms with Gasteiger partial charge in [0.15, 0.2) is 0 Å². The number of rotatable bonds is 4. The molecule has 18 heavy (non-hydrogen) atoms. The van der Waals surface area contributed by atoms with Gasteiger partial charge < -0.3 is 10.1 Å². The summed E-state index contributed by atoms with van der Waals surface area (Å²) in [5.41, 5.74) is 0.186. The van der Waals surface area contributed by atoms with E-state index < -0.39 is 23.9 Å². The lowest BCUT2D eigenvalue weighted by Crippen LogP contribution is -2.45. The molecule has 0 aromatic carbocycles. The number of methoxy groups -OCH3 is 1. The number of hydrogen-bond acceptors (Lipinski definition) is 4. The number of esters is 1. The Morgan fingerprint density at radius 1 is 1.39 bits per heavy atom. The SMILES string of the molecule is COC(=O)[C@@H](NC(=O)c1ccc(F)nc1)C(C)C. The zero-order valence-corrected chi connectivity index (χ0v) is 10.4. The van der Waals surface area contributed by atoms with Crippen molar-refractivity contribution in [3.8, 4) is 0 Å². The van der Waals surface area contributed by atoms with E-state index in [1.165, 1.54) is 13.2 Å².